The summed E-state index contributed by atoms with van der Waals surface area (Å²) in [5.74, 6) is 0.932. The Morgan fingerprint density at radius 2 is 1.50 bits per heavy atom. The van der Waals surface area contributed by atoms with E-state index < -0.39 is 0 Å². The zero-order valence-electron chi connectivity index (χ0n) is 25.2. The van der Waals surface area contributed by atoms with Gasteiger partial charge in [0, 0.05) is 49.2 Å². The van der Waals surface area contributed by atoms with Crippen LogP contribution in [0.3, 0.4) is 0 Å². The summed E-state index contributed by atoms with van der Waals surface area (Å²) in [6.45, 7) is 4.37. The van der Waals surface area contributed by atoms with Crippen LogP contribution < -0.4 is 5.32 Å². The first-order valence-electron chi connectivity index (χ1n) is 15.2. The maximum absolute atomic E-state index is 13.2. The third-order valence-corrected chi connectivity index (χ3v) is 8.45. The molecule has 1 aliphatic rings. The molecular formula is C38H37N3O3. The Bertz CT molecular complexity index is 1810. The predicted octanol–water partition coefficient (Wildman–Crippen LogP) is 8.10. The van der Waals surface area contributed by atoms with Gasteiger partial charge in [-0.25, -0.2) is 0 Å². The van der Waals surface area contributed by atoms with E-state index in [1.807, 2.05) is 78.7 Å². The number of hydrogen-bond donors (Lipinski definition) is 2. The zero-order valence-corrected chi connectivity index (χ0v) is 25.2. The second-order valence-electron chi connectivity index (χ2n) is 11.9. The summed E-state index contributed by atoms with van der Waals surface area (Å²) in [6.07, 6.45) is 2.12. The highest BCUT2D eigenvalue weighted by Crippen LogP contribution is 2.27. The van der Waals surface area contributed by atoms with Gasteiger partial charge in [-0.15, -0.1) is 0 Å². The van der Waals surface area contributed by atoms with Gasteiger partial charge in [-0.05, 0) is 107 Å². The third-order valence-electron chi connectivity index (χ3n) is 8.45. The van der Waals surface area contributed by atoms with E-state index in [2.05, 4.69) is 36.5 Å². The molecule has 0 radical (unpaired) electrons. The van der Waals surface area contributed by atoms with Gasteiger partial charge in [0.05, 0.1) is 0 Å². The van der Waals surface area contributed by atoms with Crippen LogP contribution in [0.1, 0.15) is 46.0 Å². The van der Waals surface area contributed by atoms with E-state index in [-0.39, 0.29) is 17.6 Å². The zero-order chi connectivity index (χ0) is 30.6. The number of phenolic OH excluding ortho intramolecular Hbond substituents is 1. The molecule has 5 aromatic carbocycles. The second kappa shape index (κ2) is 12.6. The molecule has 1 aliphatic heterocycles. The second-order valence-corrected chi connectivity index (χ2v) is 11.9. The Morgan fingerprint density at radius 3 is 2.30 bits per heavy atom. The minimum absolute atomic E-state index is 0.0582. The molecule has 0 bridgehead atoms. The number of carbonyl (C=O) groups excluding carboxylic acids is 2. The van der Waals surface area contributed by atoms with Crippen LogP contribution in [0.15, 0.2) is 109 Å². The van der Waals surface area contributed by atoms with Crippen molar-refractivity contribution in [1.29, 1.82) is 0 Å². The smallest absolute Gasteiger partial charge is 0.253 e. The molecule has 1 saturated heterocycles. The largest absolute Gasteiger partial charge is 0.508 e. The first-order valence-corrected chi connectivity index (χ1v) is 15.2. The standard InChI is InChI=1S/C38H37N3O3/c1-26-17-19-41(20-18-26)38(44)32-7-4-8-35(23-32)39-34-14-11-28(12-15-34)29-6-3-5-27(21-29)25-40(2)37(43)33-10-9-31-24-36(42)16-13-30(31)22-33/h3-16,21-24,26,39,42H,17-20,25H2,1-2H3. The molecule has 6 heteroatoms. The summed E-state index contributed by atoms with van der Waals surface area (Å²) in [6, 6.07) is 34.9. The summed E-state index contributed by atoms with van der Waals surface area (Å²) < 4.78 is 0. The SMILES string of the molecule is CC1CCN(C(=O)c2cccc(Nc3ccc(-c4cccc(CN(C)C(=O)c5ccc6cc(O)ccc6c5)c4)cc3)c2)CC1. The van der Waals surface area contributed by atoms with E-state index in [9.17, 15) is 14.7 Å². The van der Waals surface area contributed by atoms with Crippen LogP contribution in [-0.4, -0.2) is 46.9 Å². The Hall–Kier alpha value is -5.10. The average molecular weight is 584 g/mol. The molecular weight excluding hydrogens is 546 g/mol. The molecule has 0 atom stereocenters. The number of amides is 2. The molecule has 2 N–H and O–H groups in total. The quantitative estimate of drug-likeness (QED) is 0.203. The van der Waals surface area contributed by atoms with Crippen LogP contribution in [0.4, 0.5) is 11.4 Å². The number of carbonyl (C=O) groups is 2. The summed E-state index contributed by atoms with van der Waals surface area (Å²) in [7, 11) is 1.81. The molecule has 0 unspecified atom stereocenters. The van der Waals surface area contributed by atoms with Crippen molar-refractivity contribution < 1.29 is 14.7 Å². The van der Waals surface area contributed by atoms with Crippen molar-refractivity contribution >= 4 is 34.0 Å². The van der Waals surface area contributed by atoms with Crippen LogP contribution in [-0.2, 0) is 6.54 Å². The fraction of sp³-hybridized carbons (Fsp3) is 0.211. The molecule has 1 heterocycles. The number of anilines is 2. The van der Waals surface area contributed by atoms with Crippen LogP contribution >= 0.6 is 0 Å². The number of piperidine rings is 1. The molecule has 0 saturated carbocycles. The minimum Gasteiger partial charge on any atom is -0.508 e. The van der Waals surface area contributed by atoms with Gasteiger partial charge >= 0.3 is 0 Å². The fourth-order valence-corrected chi connectivity index (χ4v) is 5.82. The summed E-state index contributed by atoms with van der Waals surface area (Å²) in [4.78, 5) is 29.9. The normalized spacial score (nSPS) is 13.5. The van der Waals surface area contributed by atoms with Gasteiger partial charge in [0.1, 0.15) is 5.75 Å². The molecule has 0 aliphatic carbocycles. The van der Waals surface area contributed by atoms with Gasteiger partial charge in [-0.2, -0.15) is 0 Å². The number of nitrogens with zero attached hydrogens (tertiary/aromatic N) is 2. The van der Waals surface area contributed by atoms with Crippen molar-refractivity contribution in [3.05, 3.63) is 126 Å². The van der Waals surface area contributed by atoms with Crippen LogP contribution in [0.2, 0.25) is 0 Å². The van der Waals surface area contributed by atoms with Crippen molar-refractivity contribution in [2.75, 3.05) is 25.5 Å². The van der Waals surface area contributed by atoms with Crippen molar-refractivity contribution in [2.45, 2.75) is 26.3 Å². The van der Waals surface area contributed by atoms with Crippen molar-refractivity contribution in [3.63, 3.8) is 0 Å². The lowest BCUT2D eigenvalue weighted by Gasteiger charge is -2.30. The van der Waals surface area contributed by atoms with E-state index in [0.717, 1.165) is 64.8 Å². The lowest BCUT2D eigenvalue weighted by Crippen LogP contribution is -2.37. The Labute approximate surface area is 258 Å². The number of nitrogens with one attached hydrogen (secondary N) is 1. The molecule has 1 fully saturated rings. The van der Waals surface area contributed by atoms with Crippen LogP contribution in [0.5, 0.6) is 5.75 Å². The minimum atomic E-state index is -0.0582. The highest BCUT2D eigenvalue weighted by molar-refractivity contribution is 5.99. The Kier molecular flexibility index (Phi) is 8.33. The highest BCUT2D eigenvalue weighted by atomic mass is 16.3. The van der Waals surface area contributed by atoms with Gasteiger partial charge in [-0.3, -0.25) is 9.59 Å². The molecule has 222 valence electrons. The molecule has 6 nitrogen and oxygen atoms in total. The van der Waals surface area contributed by atoms with E-state index >= 15 is 0 Å². The number of hydrogen-bond acceptors (Lipinski definition) is 4. The average Bonchev–Trinajstić information content (AvgIpc) is 3.05. The molecule has 44 heavy (non-hydrogen) atoms. The highest BCUT2D eigenvalue weighted by Gasteiger charge is 2.21. The molecule has 0 spiro atoms. The monoisotopic (exact) mass is 583 g/mol. The van der Waals surface area contributed by atoms with E-state index in [1.165, 1.54) is 0 Å². The number of phenols is 1. The van der Waals surface area contributed by atoms with Crippen molar-refractivity contribution in [1.82, 2.24) is 9.80 Å². The molecule has 6 rings (SSSR count). The first-order chi connectivity index (χ1) is 21.3. The maximum atomic E-state index is 13.2. The summed E-state index contributed by atoms with van der Waals surface area (Å²) >= 11 is 0. The Morgan fingerprint density at radius 1 is 0.773 bits per heavy atom. The van der Waals surface area contributed by atoms with Crippen molar-refractivity contribution in [3.8, 4) is 16.9 Å². The van der Waals surface area contributed by atoms with Gasteiger partial charge in [0.2, 0.25) is 0 Å². The molecule has 0 aromatic heterocycles. The maximum Gasteiger partial charge on any atom is 0.253 e. The number of fused-ring (bicyclic) bond motifs is 1. The third kappa shape index (κ3) is 6.60. The topological polar surface area (TPSA) is 72.9 Å². The number of aromatic hydroxyl groups is 1. The molecule has 2 amide bonds. The van der Waals surface area contributed by atoms with Crippen LogP contribution in [0.25, 0.3) is 21.9 Å². The predicted molar refractivity (Wildman–Crippen MR) is 177 cm³/mol. The van der Waals surface area contributed by atoms with Crippen LogP contribution in [0, 0.1) is 5.92 Å². The Balaban J connectivity index is 1.10. The van der Waals surface area contributed by atoms with E-state index in [4.69, 9.17) is 0 Å². The first kappa shape index (κ1) is 29.0. The lowest BCUT2D eigenvalue weighted by molar-refractivity contribution is 0.0696. The van der Waals surface area contributed by atoms with E-state index in [1.54, 1.807) is 23.1 Å². The number of likely N-dealkylation sites (tertiary alicyclic amines) is 1. The van der Waals surface area contributed by atoms with Crippen molar-refractivity contribution in [2.24, 2.45) is 5.92 Å². The van der Waals surface area contributed by atoms with Gasteiger partial charge in [0.25, 0.3) is 11.8 Å². The summed E-state index contributed by atoms with van der Waals surface area (Å²) in [5, 5.41) is 15.0. The summed E-state index contributed by atoms with van der Waals surface area (Å²) in [5.41, 5.74) is 6.33. The number of rotatable bonds is 7. The van der Waals surface area contributed by atoms with Gasteiger partial charge in [0.15, 0.2) is 0 Å². The van der Waals surface area contributed by atoms with Gasteiger partial charge < -0.3 is 20.2 Å². The lowest BCUT2D eigenvalue weighted by atomic mass is 9.98. The molecule has 5 aromatic rings. The number of benzene rings is 5. The van der Waals surface area contributed by atoms with Gasteiger partial charge in [-0.1, -0.05) is 55.5 Å². The van der Waals surface area contributed by atoms with E-state index in [0.29, 0.717) is 23.6 Å². The fourth-order valence-electron chi connectivity index (χ4n) is 5.82.